The minimum atomic E-state index is -0.845. The van der Waals surface area contributed by atoms with Gasteiger partial charge in [0.05, 0.1) is 72.0 Å². The summed E-state index contributed by atoms with van der Waals surface area (Å²) < 4.78 is 22.8. The van der Waals surface area contributed by atoms with Crippen molar-refractivity contribution in [1.82, 2.24) is 0 Å². The second kappa shape index (κ2) is 18.4. The van der Waals surface area contributed by atoms with Crippen molar-refractivity contribution in [3.8, 4) is 0 Å². The summed E-state index contributed by atoms with van der Waals surface area (Å²) >= 11 is 0. The molecule has 0 heterocycles. The number of ether oxygens (including phenoxy) is 4. The van der Waals surface area contributed by atoms with Gasteiger partial charge in [-0.05, 0) is 26.2 Å². The monoisotopic (exact) mass is 510 g/mol. The average Bonchev–Trinajstić information content (AvgIpc) is 2.72. The fraction of sp³-hybridized carbons (Fsp3) is 0.960. The Labute approximate surface area is 211 Å². The molecule has 0 aliphatic carbocycles. The van der Waals surface area contributed by atoms with Crippen molar-refractivity contribution < 1.29 is 48.7 Å². The van der Waals surface area contributed by atoms with E-state index in [0.717, 1.165) is 0 Å². The molecule has 35 heavy (non-hydrogen) atoms. The van der Waals surface area contributed by atoms with Crippen LogP contribution in [0.3, 0.4) is 0 Å². The van der Waals surface area contributed by atoms with Crippen LogP contribution in [0.15, 0.2) is 0 Å². The lowest BCUT2D eigenvalue weighted by atomic mass is 10.0. The van der Waals surface area contributed by atoms with E-state index < -0.39 is 36.5 Å². The smallest absolute Gasteiger partial charge is 0.302 e. The van der Waals surface area contributed by atoms with Crippen LogP contribution >= 0.6 is 0 Å². The Bertz CT molecular complexity index is 544. The minimum Gasteiger partial charge on any atom is -0.462 e. The number of esters is 1. The fourth-order valence-corrected chi connectivity index (χ4v) is 3.63. The van der Waals surface area contributed by atoms with Gasteiger partial charge in [0.15, 0.2) is 0 Å². The van der Waals surface area contributed by atoms with E-state index >= 15 is 0 Å². The Morgan fingerprint density at radius 3 is 1.86 bits per heavy atom. The Balaban J connectivity index is 4.47. The summed E-state index contributed by atoms with van der Waals surface area (Å²) in [5.41, 5.74) is 0. The van der Waals surface area contributed by atoms with E-state index in [1.54, 1.807) is 0 Å². The van der Waals surface area contributed by atoms with Crippen molar-refractivity contribution in [2.75, 3.05) is 54.1 Å². The molecule has 7 unspecified atom stereocenters. The first-order chi connectivity index (χ1) is 16.2. The van der Waals surface area contributed by atoms with Gasteiger partial charge < -0.3 is 43.9 Å². The van der Waals surface area contributed by atoms with Gasteiger partial charge in [0.2, 0.25) is 0 Å². The van der Waals surface area contributed by atoms with Gasteiger partial charge in [-0.1, -0.05) is 13.8 Å². The van der Waals surface area contributed by atoms with Crippen LogP contribution in [0, 0.1) is 0 Å². The second-order valence-corrected chi connectivity index (χ2v) is 10.5. The van der Waals surface area contributed by atoms with Crippen LogP contribution in [0.4, 0.5) is 0 Å². The lowest BCUT2D eigenvalue weighted by molar-refractivity contribution is -0.873. The largest absolute Gasteiger partial charge is 0.462 e. The zero-order chi connectivity index (χ0) is 27.0. The quantitative estimate of drug-likeness (QED) is 0.131. The van der Waals surface area contributed by atoms with Gasteiger partial charge in [0, 0.05) is 19.8 Å². The molecule has 0 saturated heterocycles. The molecular formula is C25H52NO9+. The van der Waals surface area contributed by atoms with E-state index in [1.807, 2.05) is 41.9 Å². The molecule has 4 N–H and O–H groups in total. The number of nitrogens with zero attached hydrogens (tertiary/aromatic N) is 1. The molecule has 0 aliphatic rings. The van der Waals surface area contributed by atoms with Crippen LogP contribution in [0.5, 0.6) is 0 Å². The lowest BCUT2D eigenvalue weighted by Crippen LogP contribution is -2.43. The fourth-order valence-electron chi connectivity index (χ4n) is 3.63. The number of aliphatic hydroxyl groups excluding tert-OH is 4. The van der Waals surface area contributed by atoms with Gasteiger partial charge in [0.25, 0.3) is 0 Å². The Morgan fingerprint density at radius 2 is 1.31 bits per heavy atom. The van der Waals surface area contributed by atoms with Gasteiger partial charge in [-0.15, -0.1) is 0 Å². The highest BCUT2D eigenvalue weighted by Gasteiger charge is 2.24. The van der Waals surface area contributed by atoms with Crippen molar-refractivity contribution in [2.45, 2.75) is 103 Å². The Kier molecular flexibility index (Phi) is 18.0. The van der Waals surface area contributed by atoms with Crippen LogP contribution in [0.25, 0.3) is 0 Å². The van der Waals surface area contributed by atoms with Crippen LogP contribution < -0.4 is 0 Å². The average molecular weight is 511 g/mol. The summed E-state index contributed by atoms with van der Waals surface area (Å²) in [5, 5.41) is 40.4. The van der Waals surface area contributed by atoms with Crippen molar-refractivity contribution in [2.24, 2.45) is 0 Å². The Hall–Kier alpha value is -0.850. The van der Waals surface area contributed by atoms with E-state index in [-0.39, 0.29) is 45.1 Å². The van der Waals surface area contributed by atoms with Gasteiger partial charge >= 0.3 is 5.97 Å². The molecule has 0 aromatic rings. The highest BCUT2D eigenvalue weighted by Crippen LogP contribution is 2.18. The number of likely N-dealkylation sites (N-methyl/N-ethyl adjacent to an activating group) is 1. The van der Waals surface area contributed by atoms with E-state index in [2.05, 4.69) is 0 Å². The van der Waals surface area contributed by atoms with Gasteiger partial charge in [0.1, 0.15) is 24.9 Å². The topological polar surface area (TPSA) is 135 Å². The maximum absolute atomic E-state index is 11.5. The third-order valence-electron chi connectivity index (χ3n) is 5.40. The first-order valence-electron chi connectivity index (χ1n) is 12.8. The number of carbonyl (C=O) groups is 1. The molecule has 0 radical (unpaired) electrons. The lowest BCUT2D eigenvalue weighted by Gasteiger charge is -2.27. The van der Waals surface area contributed by atoms with E-state index in [4.69, 9.17) is 18.9 Å². The third kappa shape index (κ3) is 20.0. The molecule has 0 aromatic carbocycles. The molecule has 0 aromatic heterocycles. The van der Waals surface area contributed by atoms with Crippen LogP contribution in [-0.4, -0.2) is 128 Å². The first kappa shape index (κ1) is 34.1. The van der Waals surface area contributed by atoms with Gasteiger partial charge in [-0.25, -0.2) is 0 Å². The normalized spacial score (nSPS) is 18.4. The predicted octanol–water partition coefficient (Wildman–Crippen LogP) is 0.865. The number of hydrogen-bond donors (Lipinski definition) is 4. The standard InChI is InChI=1S/C25H52NO9/c1-8-20(28)16-33-18(3)10-25(35-19(4)27)12-21(29)11-24(9-2)34-17-23(31)15-32-14-22(30)13-26(5,6)7/h18,20-25,28-31H,8-17H2,1-7H3/q+1. The predicted molar refractivity (Wildman–Crippen MR) is 133 cm³/mol. The zero-order valence-corrected chi connectivity index (χ0v) is 22.9. The summed E-state index contributed by atoms with van der Waals surface area (Å²) in [6, 6.07) is 0. The molecule has 0 bridgehead atoms. The summed E-state index contributed by atoms with van der Waals surface area (Å²) in [6.07, 6.45) is -1.62. The van der Waals surface area contributed by atoms with E-state index in [1.165, 1.54) is 6.92 Å². The second-order valence-electron chi connectivity index (χ2n) is 10.5. The molecule has 210 valence electrons. The number of aliphatic hydroxyl groups is 4. The Morgan fingerprint density at radius 1 is 0.743 bits per heavy atom. The molecule has 0 rings (SSSR count). The van der Waals surface area contributed by atoms with Gasteiger partial charge in [-0.3, -0.25) is 4.79 Å². The number of quaternary nitrogens is 1. The number of hydrogen-bond acceptors (Lipinski definition) is 9. The highest BCUT2D eigenvalue weighted by molar-refractivity contribution is 5.66. The van der Waals surface area contributed by atoms with Crippen LogP contribution in [0.1, 0.15) is 59.8 Å². The minimum absolute atomic E-state index is 0.0479. The van der Waals surface area contributed by atoms with E-state index in [0.29, 0.717) is 36.7 Å². The molecule has 10 nitrogen and oxygen atoms in total. The number of rotatable bonds is 21. The molecule has 0 aliphatic heterocycles. The molecule has 0 fully saturated rings. The molecule has 10 heteroatoms. The maximum Gasteiger partial charge on any atom is 0.302 e. The van der Waals surface area contributed by atoms with Crippen LogP contribution in [-0.2, 0) is 23.7 Å². The number of carbonyl (C=O) groups excluding carboxylic acids is 1. The van der Waals surface area contributed by atoms with Crippen molar-refractivity contribution in [1.29, 1.82) is 0 Å². The molecule has 7 atom stereocenters. The molecule has 0 saturated carbocycles. The van der Waals surface area contributed by atoms with Crippen molar-refractivity contribution in [3.05, 3.63) is 0 Å². The zero-order valence-electron chi connectivity index (χ0n) is 22.9. The SMILES string of the molecule is CCC(O)COC(C)CC(CC(O)CC(CC)OCC(O)COCC(O)C[N+](C)(C)C)OC(C)=O. The third-order valence-corrected chi connectivity index (χ3v) is 5.40. The summed E-state index contributed by atoms with van der Waals surface area (Å²) in [7, 11) is 5.94. The van der Waals surface area contributed by atoms with Crippen molar-refractivity contribution in [3.63, 3.8) is 0 Å². The molecular weight excluding hydrogens is 458 g/mol. The summed E-state index contributed by atoms with van der Waals surface area (Å²) in [4.78, 5) is 11.5. The molecule has 0 spiro atoms. The summed E-state index contributed by atoms with van der Waals surface area (Å²) in [6.45, 7) is 7.96. The summed E-state index contributed by atoms with van der Waals surface area (Å²) in [5.74, 6) is -0.430. The highest BCUT2D eigenvalue weighted by atomic mass is 16.5. The first-order valence-corrected chi connectivity index (χ1v) is 12.8. The molecule has 0 amide bonds. The van der Waals surface area contributed by atoms with Crippen LogP contribution in [0.2, 0.25) is 0 Å². The van der Waals surface area contributed by atoms with Gasteiger partial charge in [-0.2, -0.15) is 0 Å². The van der Waals surface area contributed by atoms with Crippen molar-refractivity contribution >= 4 is 5.97 Å². The maximum atomic E-state index is 11.5. The van der Waals surface area contributed by atoms with E-state index in [9.17, 15) is 25.2 Å².